The summed E-state index contributed by atoms with van der Waals surface area (Å²) in [6.45, 7) is 2.43. The van der Waals surface area contributed by atoms with E-state index in [0.29, 0.717) is 28.7 Å². The molecule has 35 heavy (non-hydrogen) atoms. The minimum absolute atomic E-state index is 0.186. The number of alkyl halides is 2. The van der Waals surface area contributed by atoms with Crippen molar-refractivity contribution in [2.24, 2.45) is 0 Å². The fourth-order valence-corrected chi connectivity index (χ4v) is 6.42. The first kappa shape index (κ1) is 24.6. The first-order chi connectivity index (χ1) is 16.9. The van der Waals surface area contributed by atoms with Crippen LogP contribution in [-0.4, -0.2) is 38.2 Å². The third-order valence-electron chi connectivity index (χ3n) is 6.37. The highest BCUT2D eigenvalue weighted by molar-refractivity contribution is 14.2. The molecule has 2 aromatic heterocycles. The third-order valence-corrected chi connectivity index (χ3v) is 8.06. The minimum Gasteiger partial charge on any atom is -0.392 e. The highest BCUT2D eigenvalue weighted by Crippen LogP contribution is 2.43. The first-order valence-corrected chi connectivity index (χ1v) is 14.6. The SMILES string of the molecule is OC1CCCN(Cc2ccc(-c3cnc4c(c3)c(-c3cccc(F)c3)c(C(F)F)n4SI)cc2)C1. The number of benzene rings is 2. The van der Waals surface area contributed by atoms with Crippen molar-refractivity contribution in [1.82, 2.24) is 13.9 Å². The number of likely N-dealkylation sites (tertiary alicyclic amines) is 1. The zero-order valence-corrected chi connectivity index (χ0v) is 21.6. The maximum atomic E-state index is 14.2. The van der Waals surface area contributed by atoms with Crippen molar-refractivity contribution >= 4 is 41.4 Å². The van der Waals surface area contributed by atoms with Crippen molar-refractivity contribution < 1.29 is 18.3 Å². The largest absolute Gasteiger partial charge is 0.392 e. The quantitative estimate of drug-likeness (QED) is 0.234. The van der Waals surface area contributed by atoms with E-state index in [0.717, 1.165) is 51.7 Å². The van der Waals surface area contributed by atoms with Crippen molar-refractivity contribution in [2.45, 2.75) is 31.9 Å². The number of fused-ring (bicyclic) bond motifs is 1. The summed E-state index contributed by atoms with van der Waals surface area (Å²) < 4.78 is 43.8. The van der Waals surface area contributed by atoms with Gasteiger partial charge in [0.15, 0.2) is 5.65 Å². The average molecular weight is 609 g/mol. The number of aliphatic hydroxyl groups is 1. The number of hydrogen-bond acceptors (Lipinski definition) is 4. The normalized spacial score (nSPS) is 16.9. The molecule has 2 aromatic carbocycles. The molecule has 0 saturated carbocycles. The fourth-order valence-electron chi connectivity index (χ4n) is 4.77. The monoisotopic (exact) mass is 609 g/mol. The molecule has 0 aliphatic carbocycles. The van der Waals surface area contributed by atoms with E-state index < -0.39 is 12.2 Å². The smallest absolute Gasteiger partial charge is 0.280 e. The Morgan fingerprint density at radius 2 is 1.89 bits per heavy atom. The van der Waals surface area contributed by atoms with Gasteiger partial charge >= 0.3 is 0 Å². The number of pyridine rings is 1. The van der Waals surface area contributed by atoms with Crippen LogP contribution in [0.25, 0.3) is 33.3 Å². The summed E-state index contributed by atoms with van der Waals surface area (Å²) >= 11 is 1.96. The predicted molar refractivity (Wildman–Crippen MR) is 143 cm³/mol. The molecular weight excluding hydrogens is 586 g/mol. The van der Waals surface area contributed by atoms with E-state index in [-0.39, 0.29) is 11.8 Å². The Morgan fingerprint density at radius 3 is 2.57 bits per heavy atom. The number of aliphatic hydroxyl groups excluding tert-OH is 1. The van der Waals surface area contributed by atoms with E-state index in [2.05, 4.69) is 9.88 Å². The van der Waals surface area contributed by atoms with Crippen LogP contribution in [0.5, 0.6) is 0 Å². The lowest BCUT2D eigenvalue weighted by Crippen LogP contribution is -2.37. The second-order valence-electron chi connectivity index (χ2n) is 8.76. The number of rotatable bonds is 6. The number of hydrogen-bond donors (Lipinski definition) is 1. The third kappa shape index (κ3) is 5.09. The summed E-state index contributed by atoms with van der Waals surface area (Å²) in [5.74, 6) is -0.480. The zero-order chi connectivity index (χ0) is 24.5. The lowest BCUT2D eigenvalue weighted by Gasteiger charge is -2.29. The van der Waals surface area contributed by atoms with Crippen molar-refractivity contribution in [2.75, 3.05) is 13.1 Å². The van der Waals surface area contributed by atoms with E-state index in [9.17, 15) is 18.3 Å². The standard InChI is InChI=1S/C26H23F3IN3OS/c27-20-4-1-3-18(11-20)23-22-12-19(13-31-26(22)33(35-30)24(23)25(28)29)17-8-6-16(7-9-17)14-32-10-2-5-21(34)15-32/h1,3-4,6-9,11-13,21,25,34H,2,5,10,14-15H2. The molecule has 0 spiro atoms. The average Bonchev–Trinajstić information content (AvgIpc) is 3.18. The number of β-amino-alcohol motifs (C(OH)–C–C–N with tert-alkyl or cyclic N) is 1. The Morgan fingerprint density at radius 1 is 1.09 bits per heavy atom. The van der Waals surface area contributed by atoms with Crippen LogP contribution in [0.2, 0.25) is 0 Å². The maximum absolute atomic E-state index is 14.2. The Kier molecular flexibility index (Phi) is 7.38. The molecule has 182 valence electrons. The molecular formula is C26H23F3IN3OS. The summed E-state index contributed by atoms with van der Waals surface area (Å²) in [7, 11) is 1.12. The number of nitrogens with zero attached hydrogens (tertiary/aromatic N) is 3. The molecule has 1 aliphatic rings. The van der Waals surface area contributed by atoms with Gasteiger partial charge in [-0.1, -0.05) is 36.4 Å². The second-order valence-corrected chi connectivity index (χ2v) is 10.4. The molecule has 1 fully saturated rings. The summed E-state index contributed by atoms with van der Waals surface area (Å²) in [5, 5.41) is 10.5. The zero-order valence-electron chi connectivity index (χ0n) is 18.7. The Hall–Kier alpha value is -2.08. The van der Waals surface area contributed by atoms with E-state index >= 15 is 0 Å². The molecule has 0 amide bonds. The molecule has 5 rings (SSSR count). The Labute approximate surface area is 217 Å². The van der Waals surface area contributed by atoms with Gasteiger partial charge in [-0.25, -0.2) is 18.2 Å². The number of piperidine rings is 1. The molecule has 1 saturated heterocycles. The molecule has 1 N–H and O–H groups in total. The number of aromatic nitrogens is 2. The van der Waals surface area contributed by atoms with Gasteiger partial charge in [-0.3, -0.25) is 8.87 Å². The topological polar surface area (TPSA) is 41.3 Å². The molecule has 0 radical (unpaired) electrons. The lowest BCUT2D eigenvalue weighted by atomic mass is 9.99. The molecule has 0 bridgehead atoms. The summed E-state index contributed by atoms with van der Waals surface area (Å²) in [6, 6.07) is 15.7. The Balaban J connectivity index is 1.54. The van der Waals surface area contributed by atoms with Crippen LogP contribution < -0.4 is 0 Å². The van der Waals surface area contributed by atoms with Crippen LogP contribution in [0, 0.1) is 5.82 Å². The van der Waals surface area contributed by atoms with Crippen molar-refractivity contribution in [3.8, 4) is 22.3 Å². The Bertz CT molecular complexity index is 1350. The van der Waals surface area contributed by atoms with Crippen molar-refractivity contribution in [1.29, 1.82) is 0 Å². The summed E-state index contributed by atoms with van der Waals surface area (Å²) in [5.41, 5.74) is 3.79. The van der Waals surface area contributed by atoms with Gasteiger partial charge in [0.05, 0.1) is 6.10 Å². The van der Waals surface area contributed by atoms with Gasteiger partial charge in [0.2, 0.25) is 0 Å². The number of halogens is 4. The van der Waals surface area contributed by atoms with Gasteiger partial charge in [-0.15, -0.1) is 0 Å². The molecule has 4 aromatic rings. The molecule has 3 heterocycles. The predicted octanol–water partition coefficient (Wildman–Crippen LogP) is 7.25. The van der Waals surface area contributed by atoms with Gasteiger partial charge in [0, 0.05) is 66.1 Å². The van der Waals surface area contributed by atoms with E-state index in [4.69, 9.17) is 0 Å². The van der Waals surface area contributed by atoms with Gasteiger partial charge in [-0.05, 0) is 54.3 Å². The minimum atomic E-state index is -2.75. The first-order valence-electron chi connectivity index (χ1n) is 11.3. The van der Waals surface area contributed by atoms with Crippen LogP contribution in [0.4, 0.5) is 13.2 Å². The van der Waals surface area contributed by atoms with E-state index in [1.165, 1.54) is 22.2 Å². The molecule has 9 heteroatoms. The molecule has 1 atom stereocenters. The van der Waals surface area contributed by atoms with Gasteiger partial charge < -0.3 is 5.11 Å². The summed E-state index contributed by atoms with van der Waals surface area (Å²) in [4.78, 5) is 6.79. The lowest BCUT2D eigenvalue weighted by molar-refractivity contribution is 0.0668. The van der Waals surface area contributed by atoms with Crippen molar-refractivity contribution in [3.05, 3.63) is 77.9 Å². The van der Waals surface area contributed by atoms with E-state index in [1.807, 2.05) is 51.5 Å². The van der Waals surface area contributed by atoms with Crippen LogP contribution >= 0.6 is 30.3 Å². The highest BCUT2D eigenvalue weighted by Gasteiger charge is 2.27. The molecule has 1 unspecified atom stereocenters. The maximum Gasteiger partial charge on any atom is 0.280 e. The van der Waals surface area contributed by atoms with Gasteiger partial charge in [-0.2, -0.15) is 0 Å². The highest BCUT2D eigenvalue weighted by atomic mass is 127. The second kappa shape index (κ2) is 10.5. The van der Waals surface area contributed by atoms with E-state index in [1.54, 1.807) is 12.3 Å². The summed E-state index contributed by atoms with van der Waals surface area (Å²) in [6.07, 6.45) is 0.522. The van der Waals surface area contributed by atoms with Gasteiger partial charge in [0.1, 0.15) is 11.5 Å². The molecule has 4 nitrogen and oxygen atoms in total. The fraction of sp³-hybridized carbons (Fsp3) is 0.269. The van der Waals surface area contributed by atoms with Gasteiger partial charge in [0.25, 0.3) is 6.43 Å². The van der Waals surface area contributed by atoms with Crippen LogP contribution in [0.15, 0.2) is 60.8 Å². The molecule has 1 aliphatic heterocycles. The van der Waals surface area contributed by atoms with Crippen LogP contribution in [0.1, 0.15) is 30.5 Å². The van der Waals surface area contributed by atoms with Crippen LogP contribution in [-0.2, 0) is 6.54 Å². The van der Waals surface area contributed by atoms with Crippen LogP contribution in [0.3, 0.4) is 0 Å². The van der Waals surface area contributed by atoms with Crippen molar-refractivity contribution in [3.63, 3.8) is 0 Å².